The number of hydrogen-bond donors (Lipinski definition) is 2. The molecule has 0 fully saturated rings. The Morgan fingerprint density at radius 1 is 0.550 bits per heavy atom. The summed E-state index contributed by atoms with van der Waals surface area (Å²) in [4.78, 5) is 14.5. The highest BCUT2D eigenvalue weighted by Gasteiger charge is 2.17. The first-order chi connectivity index (χ1) is 19.6. The first kappa shape index (κ1) is 23.8. The van der Waals surface area contributed by atoms with Gasteiger partial charge in [-0.25, -0.2) is 4.98 Å². The largest absolute Gasteiger partial charge is 0.453 e. The van der Waals surface area contributed by atoms with Crippen LogP contribution in [0.3, 0.4) is 0 Å². The number of rotatable bonds is 5. The zero-order chi connectivity index (χ0) is 27.1. The fraction of sp³-hybridized carbons (Fsp3) is 0.0571. The summed E-state index contributed by atoms with van der Waals surface area (Å²) in [6.07, 6.45) is 4.10. The lowest BCUT2D eigenvalue weighted by Gasteiger charge is -2.13. The van der Waals surface area contributed by atoms with Crippen molar-refractivity contribution >= 4 is 39.9 Å². The first-order valence-electron chi connectivity index (χ1n) is 13.3. The van der Waals surface area contributed by atoms with E-state index in [4.69, 9.17) is 9.72 Å². The maximum Gasteiger partial charge on any atom is 0.176 e. The molecule has 3 aromatic carbocycles. The molecule has 0 unspecified atom stereocenters. The number of ether oxygens (including phenoxy) is 1. The number of anilines is 1. The molecular weight excluding hydrogens is 492 g/mol. The van der Waals surface area contributed by atoms with Crippen LogP contribution in [-0.2, 0) is 0 Å². The van der Waals surface area contributed by atoms with Gasteiger partial charge in [-0.2, -0.15) is 0 Å². The molecule has 4 heterocycles. The Morgan fingerprint density at radius 3 is 1.70 bits per heavy atom. The Morgan fingerprint density at radius 2 is 1.07 bits per heavy atom. The third-order valence-corrected chi connectivity index (χ3v) is 7.25. The minimum Gasteiger partial charge on any atom is -0.453 e. The average Bonchev–Trinajstić information content (AvgIpc) is 3.76. The van der Waals surface area contributed by atoms with Gasteiger partial charge in [0, 0.05) is 47.5 Å². The number of nitrogens with one attached hydrogen (secondary N) is 2. The molecule has 6 bridgehead atoms. The van der Waals surface area contributed by atoms with Crippen LogP contribution in [0.2, 0.25) is 0 Å². The van der Waals surface area contributed by atoms with Crippen molar-refractivity contribution in [2.45, 2.75) is 0 Å². The summed E-state index contributed by atoms with van der Waals surface area (Å²) in [5, 5.41) is 0. The second-order valence-electron chi connectivity index (χ2n) is 10.1. The smallest absolute Gasteiger partial charge is 0.176 e. The molecule has 5 nitrogen and oxygen atoms in total. The average molecular weight is 521 g/mol. The molecule has 1 aliphatic rings. The second kappa shape index (κ2) is 9.79. The number of benzene rings is 3. The zero-order valence-electron chi connectivity index (χ0n) is 22.3. The predicted molar refractivity (Wildman–Crippen MR) is 166 cm³/mol. The van der Waals surface area contributed by atoms with Gasteiger partial charge in [0.1, 0.15) is 11.4 Å². The summed E-state index contributed by atoms with van der Waals surface area (Å²) in [7, 11) is 4.06. The second-order valence-corrected chi connectivity index (χ2v) is 10.1. The molecule has 0 spiro atoms. The molecule has 2 N–H and O–H groups in total. The Labute approximate surface area is 232 Å². The van der Waals surface area contributed by atoms with E-state index >= 15 is 0 Å². The molecule has 40 heavy (non-hydrogen) atoms. The summed E-state index contributed by atoms with van der Waals surface area (Å²) in [5.41, 5.74) is 11.0. The van der Waals surface area contributed by atoms with E-state index in [-0.39, 0.29) is 0 Å². The normalized spacial score (nSPS) is 11.7. The van der Waals surface area contributed by atoms with Crippen molar-refractivity contribution < 1.29 is 4.74 Å². The van der Waals surface area contributed by atoms with Gasteiger partial charge in [0.15, 0.2) is 5.75 Å². The SMILES string of the molecule is CN(C)c1ccc(Oc2c3nc(c(-c4ccccc4)c4ccc([nH]4)c(-c4ccccc4)c4ccc2[nH]4)C=C3)cc1. The third-order valence-electron chi connectivity index (χ3n) is 7.25. The van der Waals surface area contributed by atoms with Gasteiger partial charge in [0.25, 0.3) is 0 Å². The highest BCUT2D eigenvalue weighted by atomic mass is 16.5. The number of aromatic nitrogens is 3. The van der Waals surface area contributed by atoms with Gasteiger partial charge >= 0.3 is 0 Å². The minimum atomic E-state index is 0.679. The van der Waals surface area contributed by atoms with Crippen molar-refractivity contribution in [1.29, 1.82) is 0 Å². The van der Waals surface area contributed by atoms with Gasteiger partial charge in [-0.05, 0) is 71.8 Å². The van der Waals surface area contributed by atoms with Crippen molar-refractivity contribution in [2.24, 2.45) is 0 Å². The van der Waals surface area contributed by atoms with Crippen molar-refractivity contribution in [1.82, 2.24) is 15.0 Å². The summed E-state index contributed by atoms with van der Waals surface area (Å²) in [6.45, 7) is 0. The summed E-state index contributed by atoms with van der Waals surface area (Å²) >= 11 is 0. The Hall–Kier alpha value is -5.29. The van der Waals surface area contributed by atoms with Crippen LogP contribution in [0.25, 0.3) is 56.5 Å². The molecule has 0 amide bonds. The molecule has 3 aromatic heterocycles. The van der Waals surface area contributed by atoms with Gasteiger partial charge in [0.2, 0.25) is 0 Å². The molecule has 0 saturated heterocycles. The van der Waals surface area contributed by atoms with Crippen molar-refractivity contribution in [3.63, 3.8) is 0 Å². The van der Waals surface area contributed by atoms with Gasteiger partial charge in [-0.1, -0.05) is 60.7 Å². The van der Waals surface area contributed by atoms with Crippen molar-refractivity contribution in [3.8, 4) is 33.8 Å². The molecule has 5 heteroatoms. The van der Waals surface area contributed by atoms with E-state index in [1.807, 2.05) is 44.4 Å². The lowest BCUT2D eigenvalue weighted by Crippen LogP contribution is -2.07. The maximum absolute atomic E-state index is 6.58. The topological polar surface area (TPSA) is 56.9 Å². The van der Waals surface area contributed by atoms with Gasteiger partial charge < -0.3 is 19.6 Å². The molecule has 194 valence electrons. The summed E-state index contributed by atoms with van der Waals surface area (Å²) in [5.74, 6) is 1.43. The highest BCUT2D eigenvalue weighted by molar-refractivity contribution is 5.98. The minimum absolute atomic E-state index is 0.679. The molecular formula is C35H28N4O. The summed E-state index contributed by atoms with van der Waals surface area (Å²) in [6, 6.07) is 37.4. The molecule has 6 aromatic rings. The van der Waals surface area contributed by atoms with Crippen LogP contribution in [0.5, 0.6) is 11.5 Å². The number of aromatic amines is 2. The number of H-pyrrole nitrogens is 2. The van der Waals surface area contributed by atoms with Crippen LogP contribution in [-0.4, -0.2) is 29.0 Å². The predicted octanol–water partition coefficient (Wildman–Crippen LogP) is 8.84. The van der Waals surface area contributed by atoms with Crippen LogP contribution in [0.4, 0.5) is 5.69 Å². The maximum atomic E-state index is 6.58. The van der Waals surface area contributed by atoms with E-state index < -0.39 is 0 Å². The Kier molecular flexibility index (Phi) is 5.82. The molecule has 0 aliphatic carbocycles. The van der Waals surface area contributed by atoms with E-state index in [1.54, 1.807) is 0 Å². The van der Waals surface area contributed by atoms with E-state index in [1.165, 1.54) is 0 Å². The third kappa shape index (κ3) is 4.28. The van der Waals surface area contributed by atoms with Crippen LogP contribution in [0.1, 0.15) is 11.4 Å². The van der Waals surface area contributed by atoms with Crippen LogP contribution >= 0.6 is 0 Å². The highest BCUT2D eigenvalue weighted by Crippen LogP contribution is 2.37. The number of hydrogen-bond acceptors (Lipinski definition) is 3. The Balaban J connectivity index is 1.55. The molecule has 0 saturated carbocycles. The van der Waals surface area contributed by atoms with E-state index in [2.05, 4.69) is 106 Å². The van der Waals surface area contributed by atoms with Crippen molar-refractivity contribution in [3.05, 3.63) is 121 Å². The van der Waals surface area contributed by atoms with Gasteiger partial charge in [-0.3, -0.25) is 0 Å². The van der Waals surface area contributed by atoms with E-state index in [0.717, 1.165) is 67.1 Å². The summed E-state index contributed by atoms with van der Waals surface area (Å²) < 4.78 is 6.58. The quantitative estimate of drug-likeness (QED) is 0.238. The molecule has 1 aliphatic heterocycles. The van der Waals surface area contributed by atoms with E-state index in [0.29, 0.717) is 5.75 Å². The zero-order valence-corrected chi connectivity index (χ0v) is 22.3. The monoisotopic (exact) mass is 520 g/mol. The number of fused-ring (bicyclic) bond motifs is 6. The van der Waals surface area contributed by atoms with Gasteiger partial charge in [-0.15, -0.1) is 0 Å². The lowest BCUT2D eigenvalue weighted by atomic mass is 10.0. The molecule has 0 atom stereocenters. The fourth-order valence-electron chi connectivity index (χ4n) is 5.27. The Bertz CT molecular complexity index is 1930. The van der Waals surface area contributed by atoms with Crippen molar-refractivity contribution in [2.75, 3.05) is 19.0 Å². The molecule has 0 radical (unpaired) electrons. The van der Waals surface area contributed by atoms with E-state index in [9.17, 15) is 0 Å². The number of nitrogens with zero attached hydrogens (tertiary/aromatic N) is 2. The lowest BCUT2D eigenvalue weighted by molar-refractivity contribution is 0.484. The standard InChI is InChI=1S/C35H28N4O/c1-39(2)25-13-15-26(16-14-25)40-35-31-21-19-29(37-31)33(23-9-5-3-6-10-23)27-17-18-28(36-27)34(24-11-7-4-8-12-24)30-20-22-32(35)38-30/h3-22,36-37H,1-2H3. The van der Waals surface area contributed by atoms with Gasteiger partial charge in [0.05, 0.1) is 11.2 Å². The fourth-order valence-corrected chi connectivity index (χ4v) is 5.27. The van der Waals surface area contributed by atoms with Crippen LogP contribution in [0.15, 0.2) is 109 Å². The van der Waals surface area contributed by atoms with Crippen LogP contribution < -0.4 is 9.64 Å². The van der Waals surface area contributed by atoms with Crippen LogP contribution in [0, 0.1) is 0 Å². The molecule has 7 rings (SSSR count). The first-order valence-corrected chi connectivity index (χ1v) is 13.3.